The quantitative estimate of drug-likeness (QED) is 0.871. The van der Waals surface area contributed by atoms with Gasteiger partial charge in [0.2, 0.25) is 5.91 Å². The second-order valence-electron chi connectivity index (χ2n) is 6.00. The number of likely N-dealkylation sites (tertiary alicyclic amines) is 1. The maximum absolute atomic E-state index is 12.1. The molecule has 0 spiro atoms. The van der Waals surface area contributed by atoms with E-state index in [1.54, 1.807) is 13.0 Å². The van der Waals surface area contributed by atoms with Crippen LogP contribution < -0.4 is 5.32 Å². The summed E-state index contributed by atoms with van der Waals surface area (Å²) in [5, 5.41) is 13.2. The van der Waals surface area contributed by atoms with E-state index < -0.39 is 5.60 Å². The van der Waals surface area contributed by atoms with Crippen molar-refractivity contribution in [2.24, 2.45) is 5.92 Å². The summed E-state index contributed by atoms with van der Waals surface area (Å²) in [6.07, 6.45) is 1.96. The van der Waals surface area contributed by atoms with Crippen LogP contribution in [0.1, 0.15) is 31.3 Å². The summed E-state index contributed by atoms with van der Waals surface area (Å²) < 4.78 is 5.43. The van der Waals surface area contributed by atoms with Gasteiger partial charge in [-0.2, -0.15) is 0 Å². The van der Waals surface area contributed by atoms with Crippen molar-refractivity contribution in [1.82, 2.24) is 10.2 Å². The maximum Gasteiger partial charge on any atom is 0.224 e. The third kappa shape index (κ3) is 3.61. The second kappa shape index (κ2) is 5.97. The highest BCUT2D eigenvalue weighted by molar-refractivity contribution is 5.79. The van der Waals surface area contributed by atoms with Crippen LogP contribution in [0.5, 0.6) is 0 Å². The number of hydrogen-bond donors (Lipinski definition) is 2. The molecule has 0 bridgehead atoms. The Morgan fingerprint density at radius 2 is 2.35 bits per heavy atom. The van der Waals surface area contributed by atoms with Crippen LogP contribution in [-0.2, 0) is 10.4 Å². The summed E-state index contributed by atoms with van der Waals surface area (Å²) >= 11 is 0. The molecule has 0 radical (unpaired) electrons. The molecular weight excluding hydrogens is 256 g/mol. The van der Waals surface area contributed by atoms with E-state index in [1.165, 1.54) is 0 Å². The highest BCUT2D eigenvalue weighted by atomic mass is 16.4. The average Bonchev–Trinajstić information content (AvgIpc) is 2.83. The molecule has 1 aromatic heterocycles. The minimum atomic E-state index is -1.18. The molecule has 0 aromatic carbocycles. The number of piperidine rings is 1. The van der Waals surface area contributed by atoms with E-state index in [-0.39, 0.29) is 18.4 Å². The molecule has 2 rings (SSSR count). The number of nitrogens with one attached hydrogen (secondary N) is 1. The highest BCUT2D eigenvalue weighted by Crippen LogP contribution is 2.22. The normalized spacial score (nSPS) is 23.3. The van der Waals surface area contributed by atoms with Crippen LogP contribution in [0.25, 0.3) is 0 Å². The fourth-order valence-corrected chi connectivity index (χ4v) is 2.60. The number of aliphatic hydroxyl groups is 1. The zero-order valence-corrected chi connectivity index (χ0v) is 12.5. The Hall–Kier alpha value is -1.33. The average molecular weight is 280 g/mol. The van der Waals surface area contributed by atoms with Crippen LogP contribution in [-0.4, -0.2) is 42.6 Å². The molecule has 2 atom stereocenters. The molecule has 1 amide bonds. The Bertz CT molecular complexity index is 467. The van der Waals surface area contributed by atoms with E-state index in [9.17, 15) is 9.90 Å². The molecule has 1 fully saturated rings. The van der Waals surface area contributed by atoms with Crippen molar-refractivity contribution in [2.75, 3.05) is 26.7 Å². The molecule has 0 aliphatic carbocycles. The van der Waals surface area contributed by atoms with Crippen LogP contribution in [0.3, 0.4) is 0 Å². The van der Waals surface area contributed by atoms with E-state index in [4.69, 9.17) is 4.42 Å². The van der Waals surface area contributed by atoms with Gasteiger partial charge < -0.3 is 19.7 Å². The SMILES string of the molecule is Cc1ccc(C(C)(O)CNC(=O)C2CCCN(C)C2)o1. The molecular formula is C15H24N2O3. The Kier molecular flexibility index (Phi) is 4.50. The van der Waals surface area contributed by atoms with Crippen molar-refractivity contribution in [3.63, 3.8) is 0 Å². The van der Waals surface area contributed by atoms with Gasteiger partial charge in [0.15, 0.2) is 0 Å². The third-order valence-corrected chi connectivity index (χ3v) is 3.87. The van der Waals surface area contributed by atoms with Gasteiger partial charge in [0.25, 0.3) is 0 Å². The second-order valence-corrected chi connectivity index (χ2v) is 6.00. The first-order valence-corrected chi connectivity index (χ1v) is 7.14. The highest BCUT2D eigenvalue weighted by Gasteiger charge is 2.30. The molecule has 1 aliphatic rings. The fourth-order valence-electron chi connectivity index (χ4n) is 2.60. The molecule has 2 N–H and O–H groups in total. The molecule has 0 saturated carbocycles. The summed E-state index contributed by atoms with van der Waals surface area (Å²) in [7, 11) is 2.03. The zero-order chi connectivity index (χ0) is 14.8. The summed E-state index contributed by atoms with van der Waals surface area (Å²) in [5.41, 5.74) is -1.18. The zero-order valence-electron chi connectivity index (χ0n) is 12.5. The van der Waals surface area contributed by atoms with Crippen LogP contribution in [0.2, 0.25) is 0 Å². The van der Waals surface area contributed by atoms with E-state index in [2.05, 4.69) is 10.2 Å². The lowest BCUT2D eigenvalue weighted by molar-refractivity contribution is -0.127. The lowest BCUT2D eigenvalue weighted by atomic mass is 9.97. The van der Waals surface area contributed by atoms with Gasteiger partial charge in [-0.25, -0.2) is 0 Å². The Morgan fingerprint density at radius 3 is 2.95 bits per heavy atom. The minimum Gasteiger partial charge on any atom is -0.463 e. The third-order valence-electron chi connectivity index (χ3n) is 3.87. The van der Waals surface area contributed by atoms with Crippen molar-refractivity contribution < 1.29 is 14.3 Å². The Labute approximate surface area is 119 Å². The number of rotatable bonds is 4. The molecule has 20 heavy (non-hydrogen) atoms. The lowest BCUT2D eigenvalue weighted by Crippen LogP contribution is -2.45. The van der Waals surface area contributed by atoms with Crippen LogP contribution >= 0.6 is 0 Å². The fraction of sp³-hybridized carbons (Fsp3) is 0.667. The van der Waals surface area contributed by atoms with Crippen LogP contribution in [0.4, 0.5) is 0 Å². The molecule has 112 valence electrons. The monoisotopic (exact) mass is 280 g/mol. The van der Waals surface area contributed by atoms with Gasteiger partial charge in [-0.15, -0.1) is 0 Å². The van der Waals surface area contributed by atoms with Crippen molar-refractivity contribution in [3.05, 3.63) is 23.7 Å². The molecule has 5 nitrogen and oxygen atoms in total. The van der Waals surface area contributed by atoms with Gasteiger partial charge in [0.1, 0.15) is 17.1 Å². The van der Waals surface area contributed by atoms with Crippen molar-refractivity contribution >= 4 is 5.91 Å². The standard InChI is InChI=1S/C15H24N2O3/c1-11-6-7-13(20-11)15(2,19)10-16-14(18)12-5-4-8-17(3)9-12/h6-7,12,19H,4-5,8-10H2,1-3H3,(H,16,18). The Morgan fingerprint density at radius 1 is 1.60 bits per heavy atom. The summed E-state index contributed by atoms with van der Waals surface area (Å²) in [4.78, 5) is 14.3. The first-order valence-electron chi connectivity index (χ1n) is 7.14. The summed E-state index contributed by atoms with van der Waals surface area (Å²) in [6, 6.07) is 3.55. The number of amides is 1. The van der Waals surface area contributed by atoms with Crippen molar-refractivity contribution in [3.8, 4) is 0 Å². The molecule has 2 heterocycles. The summed E-state index contributed by atoms with van der Waals surface area (Å²) in [6.45, 7) is 5.48. The number of nitrogens with zero attached hydrogens (tertiary/aromatic N) is 1. The largest absolute Gasteiger partial charge is 0.463 e. The molecule has 5 heteroatoms. The minimum absolute atomic E-state index is 0.0140. The number of aryl methyl sites for hydroxylation is 1. The van der Waals surface area contributed by atoms with Gasteiger partial charge in [-0.05, 0) is 52.4 Å². The van der Waals surface area contributed by atoms with Crippen LogP contribution in [0.15, 0.2) is 16.5 Å². The molecule has 1 aromatic rings. The number of carbonyl (C=O) groups excluding carboxylic acids is 1. The molecule has 1 aliphatic heterocycles. The summed E-state index contributed by atoms with van der Waals surface area (Å²) in [5.74, 6) is 1.26. The maximum atomic E-state index is 12.1. The van der Waals surface area contributed by atoms with E-state index in [1.807, 2.05) is 20.0 Å². The topological polar surface area (TPSA) is 65.7 Å². The smallest absolute Gasteiger partial charge is 0.224 e. The van der Waals surface area contributed by atoms with Gasteiger partial charge in [0.05, 0.1) is 12.5 Å². The van der Waals surface area contributed by atoms with Crippen molar-refractivity contribution in [1.29, 1.82) is 0 Å². The van der Waals surface area contributed by atoms with E-state index in [0.29, 0.717) is 5.76 Å². The van der Waals surface area contributed by atoms with E-state index in [0.717, 1.165) is 31.7 Å². The lowest BCUT2D eigenvalue weighted by Gasteiger charge is -2.30. The van der Waals surface area contributed by atoms with Gasteiger partial charge in [-0.1, -0.05) is 0 Å². The van der Waals surface area contributed by atoms with Gasteiger partial charge >= 0.3 is 0 Å². The molecule has 1 saturated heterocycles. The first kappa shape index (κ1) is 15.1. The van der Waals surface area contributed by atoms with E-state index >= 15 is 0 Å². The number of hydrogen-bond acceptors (Lipinski definition) is 4. The number of carbonyl (C=O) groups is 1. The Balaban J connectivity index is 1.89. The van der Waals surface area contributed by atoms with Crippen molar-refractivity contribution in [2.45, 2.75) is 32.3 Å². The predicted molar refractivity (Wildman–Crippen MR) is 76.2 cm³/mol. The van der Waals surface area contributed by atoms with Gasteiger partial charge in [0, 0.05) is 6.54 Å². The van der Waals surface area contributed by atoms with Gasteiger partial charge in [-0.3, -0.25) is 4.79 Å². The predicted octanol–water partition coefficient (Wildman–Crippen LogP) is 1.25. The molecule has 2 unspecified atom stereocenters. The van der Waals surface area contributed by atoms with Crippen LogP contribution in [0, 0.1) is 12.8 Å². The first-order chi connectivity index (χ1) is 9.38. The number of furan rings is 1.